The Balaban J connectivity index is 1.72. The number of hydrogen-bond acceptors (Lipinski definition) is 7. The molecule has 0 spiro atoms. The smallest absolute Gasteiger partial charge is 0.223 e. The third-order valence-electron chi connectivity index (χ3n) is 4.45. The zero-order valence-corrected chi connectivity index (χ0v) is 14.4. The van der Waals surface area contributed by atoms with E-state index in [-0.39, 0.29) is 6.04 Å². The summed E-state index contributed by atoms with van der Waals surface area (Å²) in [6, 6.07) is 3.82. The number of rotatable bonds is 5. The number of fused-ring (bicyclic) bond motifs is 1. The van der Waals surface area contributed by atoms with Crippen LogP contribution in [0.25, 0.3) is 11.4 Å². The predicted octanol–water partition coefficient (Wildman–Crippen LogP) is 3.28. The highest BCUT2D eigenvalue weighted by Gasteiger charge is 2.23. The summed E-state index contributed by atoms with van der Waals surface area (Å²) < 4.78 is 5.13. The lowest BCUT2D eigenvalue weighted by atomic mass is 10.1. The van der Waals surface area contributed by atoms with Gasteiger partial charge in [-0.3, -0.25) is 4.98 Å². The van der Waals surface area contributed by atoms with Gasteiger partial charge in [0.05, 0.1) is 6.04 Å². The molecular weight excluding hydrogens is 316 g/mol. The van der Waals surface area contributed by atoms with E-state index in [0.717, 1.165) is 48.6 Å². The maximum Gasteiger partial charge on any atom is 0.223 e. The number of nitrogens with one attached hydrogen (secondary N) is 1. The first kappa shape index (κ1) is 15.7. The van der Waals surface area contributed by atoms with Crippen LogP contribution in [0.4, 0.5) is 5.82 Å². The summed E-state index contributed by atoms with van der Waals surface area (Å²) in [5, 5.41) is 7.57. The first-order valence-electron chi connectivity index (χ1n) is 8.61. The average Bonchev–Trinajstić information content (AvgIpc) is 3.29. The lowest BCUT2D eigenvalue weighted by Crippen LogP contribution is -2.15. The van der Waals surface area contributed by atoms with Crippen LogP contribution in [0.15, 0.2) is 29.0 Å². The Morgan fingerprint density at radius 3 is 2.72 bits per heavy atom. The van der Waals surface area contributed by atoms with Crippen LogP contribution < -0.4 is 5.32 Å². The minimum atomic E-state index is -0.0395. The lowest BCUT2D eigenvalue weighted by Gasteiger charge is -2.17. The molecule has 0 amide bonds. The van der Waals surface area contributed by atoms with Crippen molar-refractivity contribution in [2.24, 2.45) is 0 Å². The molecule has 1 aliphatic rings. The van der Waals surface area contributed by atoms with E-state index in [9.17, 15) is 0 Å². The molecule has 4 rings (SSSR count). The predicted molar refractivity (Wildman–Crippen MR) is 93.0 cm³/mol. The van der Waals surface area contributed by atoms with Crippen LogP contribution in [0.2, 0.25) is 0 Å². The van der Waals surface area contributed by atoms with Gasteiger partial charge in [0.2, 0.25) is 5.89 Å². The fraction of sp³-hybridized carbons (Fsp3) is 0.389. The molecule has 0 aromatic carbocycles. The maximum atomic E-state index is 5.13. The molecule has 7 heteroatoms. The van der Waals surface area contributed by atoms with Crippen molar-refractivity contribution in [2.45, 2.75) is 45.6 Å². The summed E-state index contributed by atoms with van der Waals surface area (Å²) in [7, 11) is 0. The van der Waals surface area contributed by atoms with E-state index >= 15 is 0 Å². The summed E-state index contributed by atoms with van der Waals surface area (Å²) in [6.07, 6.45) is 7.45. The number of hydrogen-bond donors (Lipinski definition) is 1. The first-order valence-corrected chi connectivity index (χ1v) is 8.61. The third-order valence-corrected chi connectivity index (χ3v) is 4.45. The second-order valence-electron chi connectivity index (χ2n) is 6.19. The van der Waals surface area contributed by atoms with Crippen molar-refractivity contribution >= 4 is 5.82 Å². The second kappa shape index (κ2) is 6.58. The third kappa shape index (κ3) is 3.09. The molecule has 3 heterocycles. The van der Waals surface area contributed by atoms with Gasteiger partial charge in [0, 0.05) is 36.1 Å². The fourth-order valence-corrected chi connectivity index (χ4v) is 3.15. The van der Waals surface area contributed by atoms with Crippen LogP contribution in [0.3, 0.4) is 0 Å². The molecule has 3 aromatic heterocycles. The van der Waals surface area contributed by atoms with E-state index in [1.807, 2.05) is 12.1 Å². The Bertz CT molecular complexity index is 877. The normalized spacial score (nSPS) is 14.3. The highest BCUT2D eigenvalue weighted by molar-refractivity contribution is 5.60. The van der Waals surface area contributed by atoms with Crippen molar-refractivity contribution < 1.29 is 4.52 Å². The van der Waals surface area contributed by atoms with Gasteiger partial charge in [-0.1, -0.05) is 12.1 Å². The molecule has 0 saturated carbocycles. The highest BCUT2D eigenvalue weighted by atomic mass is 16.5. The Labute approximate surface area is 145 Å². The van der Waals surface area contributed by atoms with Crippen molar-refractivity contribution in [3.63, 3.8) is 0 Å². The fourth-order valence-electron chi connectivity index (χ4n) is 3.15. The molecule has 0 fully saturated rings. The van der Waals surface area contributed by atoms with Gasteiger partial charge in [-0.2, -0.15) is 4.98 Å². The van der Waals surface area contributed by atoms with E-state index in [0.29, 0.717) is 11.7 Å². The van der Waals surface area contributed by atoms with Crippen LogP contribution in [0.1, 0.15) is 48.8 Å². The molecule has 25 heavy (non-hydrogen) atoms. The molecule has 1 unspecified atom stereocenters. The molecule has 1 N–H and O–H groups in total. The Kier molecular flexibility index (Phi) is 4.13. The summed E-state index contributed by atoms with van der Waals surface area (Å²) in [4.78, 5) is 18.0. The van der Waals surface area contributed by atoms with Gasteiger partial charge in [0.25, 0.3) is 0 Å². The van der Waals surface area contributed by atoms with Crippen LogP contribution in [0.5, 0.6) is 0 Å². The van der Waals surface area contributed by atoms with E-state index in [1.54, 1.807) is 19.3 Å². The van der Waals surface area contributed by atoms with Gasteiger partial charge < -0.3 is 9.84 Å². The number of anilines is 1. The Morgan fingerprint density at radius 1 is 1.16 bits per heavy atom. The van der Waals surface area contributed by atoms with Gasteiger partial charge in [-0.05, 0) is 37.8 Å². The molecule has 0 saturated heterocycles. The average molecular weight is 336 g/mol. The molecule has 1 aliphatic carbocycles. The van der Waals surface area contributed by atoms with Crippen molar-refractivity contribution in [3.05, 3.63) is 47.5 Å². The van der Waals surface area contributed by atoms with Crippen LogP contribution in [0, 0.1) is 6.92 Å². The minimum absolute atomic E-state index is 0.0395. The Hall–Kier alpha value is -2.83. The molecule has 3 aromatic rings. The molecule has 7 nitrogen and oxygen atoms in total. The Morgan fingerprint density at radius 2 is 2.00 bits per heavy atom. The van der Waals surface area contributed by atoms with Gasteiger partial charge in [0.15, 0.2) is 11.6 Å². The summed E-state index contributed by atoms with van der Waals surface area (Å²) in [6.45, 7) is 3.89. The monoisotopic (exact) mass is 336 g/mol. The summed E-state index contributed by atoms with van der Waals surface area (Å²) in [5.41, 5.74) is 3.30. The molecular formula is C18H20N6O. The standard InChI is InChI=1S/C18H20N6O/c1-3-14(18-20-11(2)25-24-18)21-17-13-5-4-6-15(13)22-16(23-17)12-7-9-19-10-8-12/h7-10,14H,3-6H2,1-2H3,(H,21,22,23). The number of pyridine rings is 1. The van der Waals surface area contributed by atoms with Crippen molar-refractivity contribution in [2.75, 3.05) is 5.32 Å². The number of nitrogens with zero attached hydrogens (tertiary/aromatic N) is 5. The summed E-state index contributed by atoms with van der Waals surface area (Å²) >= 11 is 0. The van der Waals surface area contributed by atoms with Gasteiger partial charge in [-0.15, -0.1) is 0 Å². The van der Waals surface area contributed by atoms with Gasteiger partial charge in [0.1, 0.15) is 5.82 Å². The summed E-state index contributed by atoms with van der Waals surface area (Å²) in [5.74, 6) is 2.84. The van der Waals surface area contributed by atoms with Crippen LogP contribution in [-0.2, 0) is 12.8 Å². The molecule has 0 aliphatic heterocycles. The van der Waals surface area contributed by atoms with Crippen LogP contribution in [-0.4, -0.2) is 25.1 Å². The SMILES string of the molecule is CCC(Nc1nc(-c2ccncc2)nc2c1CCC2)c1noc(C)n1. The highest BCUT2D eigenvalue weighted by Crippen LogP contribution is 2.31. The van der Waals surface area contributed by atoms with Crippen molar-refractivity contribution in [1.82, 2.24) is 25.1 Å². The quantitative estimate of drug-likeness (QED) is 0.764. The minimum Gasteiger partial charge on any atom is -0.360 e. The number of aryl methyl sites for hydroxylation is 2. The molecule has 1 atom stereocenters. The van der Waals surface area contributed by atoms with E-state index < -0.39 is 0 Å². The zero-order chi connectivity index (χ0) is 17.2. The van der Waals surface area contributed by atoms with Crippen molar-refractivity contribution in [3.8, 4) is 11.4 Å². The number of aromatic nitrogens is 5. The lowest BCUT2D eigenvalue weighted by molar-refractivity contribution is 0.384. The van der Waals surface area contributed by atoms with Gasteiger partial charge in [-0.25, -0.2) is 9.97 Å². The second-order valence-corrected chi connectivity index (χ2v) is 6.19. The van der Waals surface area contributed by atoms with Gasteiger partial charge >= 0.3 is 0 Å². The largest absolute Gasteiger partial charge is 0.360 e. The molecule has 0 radical (unpaired) electrons. The van der Waals surface area contributed by atoms with E-state index in [4.69, 9.17) is 14.5 Å². The molecule has 128 valence electrons. The first-order chi connectivity index (χ1) is 12.2. The van der Waals surface area contributed by atoms with E-state index in [2.05, 4.69) is 27.4 Å². The topological polar surface area (TPSA) is 89.6 Å². The maximum absolute atomic E-state index is 5.13. The zero-order valence-electron chi connectivity index (χ0n) is 14.4. The van der Waals surface area contributed by atoms with E-state index in [1.165, 1.54) is 5.56 Å². The van der Waals surface area contributed by atoms with Crippen LogP contribution >= 0.6 is 0 Å². The van der Waals surface area contributed by atoms with Crippen molar-refractivity contribution in [1.29, 1.82) is 0 Å². The molecule has 0 bridgehead atoms.